The van der Waals surface area contributed by atoms with Gasteiger partial charge in [0.2, 0.25) is 5.76 Å². The summed E-state index contributed by atoms with van der Waals surface area (Å²) in [5.74, 6) is 0.152. The summed E-state index contributed by atoms with van der Waals surface area (Å²) in [6.07, 6.45) is 0. The number of hydrogen-bond donors (Lipinski definition) is 0. The third-order valence-electron chi connectivity index (χ3n) is 3.09. The molecule has 2 heterocycles. The molecule has 3 rings (SSSR count). The lowest BCUT2D eigenvalue weighted by atomic mass is 10.1. The highest BCUT2D eigenvalue weighted by molar-refractivity contribution is 5.92. The molecular formula is C14H14N2O3. The fraction of sp³-hybridized carbons (Fsp3) is 0.286. The van der Waals surface area contributed by atoms with Gasteiger partial charge in [0, 0.05) is 24.7 Å². The standard InChI is InChI=1S/C14H14N2O3/c17-14(16-6-8-18-9-7-16)13-10-12(15-19-13)11-4-2-1-3-5-11/h1-5,10H,6-9H2. The lowest BCUT2D eigenvalue weighted by Gasteiger charge is -2.25. The van der Waals surface area contributed by atoms with Crippen molar-refractivity contribution in [2.75, 3.05) is 26.3 Å². The zero-order chi connectivity index (χ0) is 13.1. The number of ether oxygens (including phenoxy) is 1. The fourth-order valence-corrected chi connectivity index (χ4v) is 2.04. The molecule has 5 heteroatoms. The molecule has 0 atom stereocenters. The fourth-order valence-electron chi connectivity index (χ4n) is 2.04. The summed E-state index contributed by atoms with van der Waals surface area (Å²) in [5, 5.41) is 3.95. The van der Waals surface area contributed by atoms with Crippen LogP contribution in [-0.4, -0.2) is 42.3 Å². The molecule has 0 radical (unpaired) electrons. The van der Waals surface area contributed by atoms with Gasteiger partial charge < -0.3 is 14.2 Å². The smallest absolute Gasteiger partial charge is 0.292 e. The molecule has 19 heavy (non-hydrogen) atoms. The molecule has 1 aliphatic heterocycles. The quantitative estimate of drug-likeness (QED) is 0.824. The molecule has 1 aliphatic rings. The van der Waals surface area contributed by atoms with Gasteiger partial charge in [0.15, 0.2) is 0 Å². The maximum Gasteiger partial charge on any atom is 0.292 e. The van der Waals surface area contributed by atoms with Crippen molar-refractivity contribution in [1.29, 1.82) is 0 Å². The number of carbonyl (C=O) groups excluding carboxylic acids is 1. The predicted molar refractivity (Wildman–Crippen MR) is 68.7 cm³/mol. The van der Waals surface area contributed by atoms with Gasteiger partial charge in [0.1, 0.15) is 5.69 Å². The highest BCUT2D eigenvalue weighted by Gasteiger charge is 2.22. The number of nitrogens with zero attached hydrogens (tertiary/aromatic N) is 2. The first-order valence-electron chi connectivity index (χ1n) is 6.24. The summed E-state index contributed by atoms with van der Waals surface area (Å²) in [6.45, 7) is 2.34. The molecule has 1 aromatic heterocycles. The first-order chi connectivity index (χ1) is 9.34. The summed E-state index contributed by atoms with van der Waals surface area (Å²) in [5.41, 5.74) is 1.62. The topological polar surface area (TPSA) is 55.6 Å². The second-order valence-electron chi connectivity index (χ2n) is 4.35. The van der Waals surface area contributed by atoms with Crippen LogP contribution in [0.4, 0.5) is 0 Å². The van der Waals surface area contributed by atoms with Gasteiger partial charge in [0.25, 0.3) is 5.91 Å². The Bertz CT molecular complexity index is 559. The lowest BCUT2D eigenvalue weighted by molar-refractivity contribution is 0.0277. The van der Waals surface area contributed by atoms with Gasteiger partial charge in [-0.1, -0.05) is 35.5 Å². The molecule has 1 saturated heterocycles. The minimum Gasteiger partial charge on any atom is -0.378 e. The van der Waals surface area contributed by atoms with E-state index in [2.05, 4.69) is 5.16 Å². The van der Waals surface area contributed by atoms with Gasteiger partial charge in [-0.15, -0.1) is 0 Å². The Morgan fingerprint density at radius 3 is 2.63 bits per heavy atom. The third-order valence-corrected chi connectivity index (χ3v) is 3.09. The Balaban J connectivity index is 1.79. The Morgan fingerprint density at radius 1 is 1.16 bits per heavy atom. The largest absolute Gasteiger partial charge is 0.378 e. The van der Waals surface area contributed by atoms with Gasteiger partial charge >= 0.3 is 0 Å². The monoisotopic (exact) mass is 258 g/mol. The van der Waals surface area contributed by atoms with Crippen LogP contribution in [0.1, 0.15) is 10.6 Å². The zero-order valence-corrected chi connectivity index (χ0v) is 10.4. The van der Waals surface area contributed by atoms with E-state index in [-0.39, 0.29) is 11.7 Å². The zero-order valence-electron chi connectivity index (χ0n) is 10.4. The number of amides is 1. The minimum absolute atomic E-state index is 0.127. The predicted octanol–water partition coefficient (Wildman–Crippen LogP) is 1.81. The molecule has 0 saturated carbocycles. The molecule has 0 spiro atoms. The first kappa shape index (κ1) is 11.9. The summed E-state index contributed by atoms with van der Waals surface area (Å²) < 4.78 is 10.4. The van der Waals surface area contributed by atoms with Crippen LogP contribution in [-0.2, 0) is 4.74 Å². The summed E-state index contributed by atoms with van der Waals surface area (Å²) in [4.78, 5) is 13.9. The maximum absolute atomic E-state index is 12.2. The third kappa shape index (κ3) is 2.51. The molecule has 1 aromatic carbocycles. The normalized spacial score (nSPS) is 15.5. The number of morpholine rings is 1. The van der Waals surface area contributed by atoms with E-state index in [0.29, 0.717) is 32.0 Å². The highest BCUT2D eigenvalue weighted by Crippen LogP contribution is 2.19. The van der Waals surface area contributed by atoms with E-state index < -0.39 is 0 Å². The Morgan fingerprint density at radius 2 is 1.89 bits per heavy atom. The van der Waals surface area contributed by atoms with Gasteiger partial charge in [0.05, 0.1) is 13.2 Å². The van der Waals surface area contributed by atoms with Gasteiger partial charge in [-0.05, 0) is 0 Å². The van der Waals surface area contributed by atoms with Crippen LogP contribution < -0.4 is 0 Å². The van der Waals surface area contributed by atoms with Gasteiger partial charge in [-0.2, -0.15) is 0 Å². The summed E-state index contributed by atoms with van der Waals surface area (Å²) in [6, 6.07) is 11.3. The number of aromatic nitrogens is 1. The number of rotatable bonds is 2. The van der Waals surface area contributed by atoms with Crippen molar-refractivity contribution in [1.82, 2.24) is 10.1 Å². The molecule has 98 valence electrons. The van der Waals surface area contributed by atoms with E-state index in [1.807, 2.05) is 30.3 Å². The molecule has 2 aromatic rings. The second kappa shape index (κ2) is 5.24. The van der Waals surface area contributed by atoms with Crippen molar-refractivity contribution in [3.8, 4) is 11.3 Å². The Hall–Kier alpha value is -2.14. The van der Waals surface area contributed by atoms with E-state index in [4.69, 9.17) is 9.26 Å². The Kier molecular flexibility index (Phi) is 3.29. The van der Waals surface area contributed by atoms with Crippen molar-refractivity contribution in [3.05, 3.63) is 42.2 Å². The summed E-state index contributed by atoms with van der Waals surface area (Å²) >= 11 is 0. The van der Waals surface area contributed by atoms with Crippen molar-refractivity contribution >= 4 is 5.91 Å². The van der Waals surface area contributed by atoms with Gasteiger partial charge in [-0.3, -0.25) is 4.79 Å². The minimum atomic E-state index is -0.127. The number of benzene rings is 1. The van der Waals surface area contributed by atoms with Crippen molar-refractivity contribution < 1.29 is 14.1 Å². The van der Waals surface area contributed by atoms with Crippen LogP contribution in [0.5, 0.6) is 0 Å². The number of carbonyl (C=O) groups is 1. The molecule has 0 aliphatic carbocycles. The van der Waals surface area contributed by atoms with E-state index >= 15 is 0 Å². The van der Waals surface area contributed by atoms with Crippen LogP contribution in [0, 0.1) is 0 Å². The van der Waals surface area contributed by atoms with Gasteiger partial charge in [-0.25, -0.2) is 0 Å². The van der Waals surface area contributed by atoms with Crippen LogP contribution in [0.15, 0.2) is 40.9 Å². The van der Waals surface area contributed by atoms with Crippen LogP contribution in [0.25, 0.3) is 11.3 Å². The number of hydrogen-bond acceptors (Lipinski definition) is 4. The van der Waals surface area contributed by atoms with E-state index in [1.165, 1.54) is 0 Å². The molecule has 1 amide bonds. The summed E-state index contributed by atoms with van der Waals surface area (Å²) in [7, 11) is 0. The van der Waals surface area contributed by atoms with E-state index in [1.54, 1.807) is 11.0 Å². The first-order valence-corrected chi connectivity index (χ1v) is 6.24. The van der Waals surface area contributed by atoms with E-state index in [0.717, 1.165) is 5.56 Å². The second-order valence-corrected chi connectivity index (χ2v) is 4.35. The van der Waals surface area contributed by atoms with Crippen LogP contribution in [0.2, 0.25) is 0 Å². The Labute approximate surface area is 110 Å². The lowest BCUT2D eigenvalue weighted by Crippen LogP contribution is -2.40. The van der Waals surface area contributed by atoms with E-state index in [9.17, 15) is 4.79 Å². The molecular weight excluding hydrogens is 244 g/mol. The molecule has 0 bridgehead atoms. The van der Waals surface area contributed by atoms with Crippen LogP contribution in [0.3, 0.4) is 0 Å². The SMILES string of the molecule is O=C(c1cc(-c2ccccc2)no1)N1CCOCC1. The molecule has 1 fully saturated rings. The molecule has 0 unspecified atom stereocenters. The van der Waals surface area contributed by atoms with Crippen molar-refractivity contribution in [3.63, 3.8) is 0 Å². The molecule has 0 N–H and O–H groups in total. The average Bonchev–Trinajstić information content (AvgIpc) is 2.98. The maximum atomic E-state index is 12.2. The van der Waals surface area contributed by atoms with Crippen molar-refractivity contribution in [2.45, 2.75) is 0 Å². The highest BCUT2D eigenvalue weighted by atomic mass is 16.5. The van der Waals surface area contributed by atoms with Crippen LogP contribution >= 0.6 is 0 Å². The van der Waals surface area contributed by atoms with Crippen molar-refractivity contribution in [2.24, 2.45) is 0 Å². The average molecular weight is 258 g/mol. The molecule has 5 nitrogen and oxygen atoms in total.